The summed E-state index contributed by atoms with van der Waals surface area (Å²) >= 11 is 0. The molecule has 0 aliphatic carbocycles. The predicted molar refractivity (Wildman–Crippen MR) is 99.3 cm³/mol. The zero-order valence-electron chi connectivity index (χ0n) is 14.8. The van der Waals surface area contributed by atoms with Gasteiger partial charge in [0, 0.05) is 49.9 Å². The number of nitrogens with one attached hydrogen (secondary N) is 1. The van der Waals surface area contributed by atoms with Gasteiger partial charge in [0.1, 0.15) is 0 Å². The summed E-state index contributed by atoms with van der Waals surface area (Å²) in [5, 5.41) is 7.71. The summed E-state index contributed by atoms with van der Waals surface area (Å²) in [6.45, 7) is 5.34. The molecule has 6 nitrogen and oxygen atoms in total. The Morgan fingerprint density at radius 2 is 1.96 bits per heavy atom. The van der Waals surface area contributed by atoms with Crippen molar-refractivity contribution in [3.05, 3.63) is 64.8 Å². The van der Waals surface area contributed by atoms with Crippen LogP contribution in [0.4, 0.5) is 5.82 Å². The molecule has 0 radical (unpaired) electrons. The second-order valence-corrected chi connectivity index (χ2v) is 6.52. The number of rotatable bonds is 6. The van der Waals surface area contributed by atoms with Crippen LogP contribution in [0.1, 0.15) is 19.4 Å². The van der Waals surface area contributed by atoms with E-state index < -0.39 is 0 Å². The minimum Gasteiger partial charge on any atom is -0.361 e. The largest absolute Gasteiger partial charge is 0.361 e. The molecule has 0 aliphatic heterocycles. The molecule has 0 aliphatic rings. The first-order valence-corrected chi connectivity index (χ1v) is 8.42. The highest BCUT2D eigenvalue weighted by molar-refractivity contribution is 5.63. The van der Waals surface area contributed by atoms with Gasteiger partial charge >= 0.3 is 0 Å². The molecule has 6 heteroatoms. The van der Waals surface area contributed by atoms with E-state index in [0.717, 1.165) is 16.8 Å². The molecule has 2 aromatic heterocycles. The van der Waals surface area contributed by atoms with Crippen molar-refractivity contribution in [2.45, 2.75) is 26.9 Å². The monoisotopic (exact) mass is 337 g/mol. The lowest BCUT2D eigenvalue weighted by Gasteiger charge is -2.11. The van der Waals surface area contributed by atoms with Crippen molar-refractivity contribution < 1.29 is 0 Å². The van der Waals surface area contributed by atoms with Crippen molar-refractivity contribution in [1.29, 1.82) is 0 Å². The first kappa shape index (κ1) is 17.0. The maximum Gasteiger partial charge on any atom is 0.293 e. The molecule has 1 aromatic carbocycles. The molecule has 0 saturated heterocycles. The Morgan fingerprint density at radius 1 is 1.20 bits per heavy atom. The minimum absolute atomic E-state index is 0.0960. The van der Waals surface area contributed by atoms with Crippen LogP contribution in [0.2, 0.25) is 0 Å². The summed E-state index contributed by atoms with van der Waals surface area (Å²) in [6, 6.07) is 10.0. The second-order valence-electron chi connectivity index (χ2n) is 6.52. The van der Waals surface area contributed by atoms with Gasteiger partial charge in [0.2, 0.25) is 0 Å². The Kier molecular flexibility index (Phi) is 4.97. The van der Waals surface area contributed by atoms with Crippen LogP contribution in [0.15, 0.2) is 53.7 Å². The summed E-state index contributed by atoms with van der Waals surface area (Å²) in [7, 11) is 1.90. The maximum atomic E-state index is 12.5. The highest BCUT2D eigenvalue weighted by Gasteiger charge is 2.11. The van der Waals surface area contributed by atoms with Crippen molar-refractivity contribution in [1.82, 2.24) is 19.3 Å². The zero-order valence-corrected chi connectivity index (χ0v) is 14.8. The van der Waals surface area contributed by atoms with Crippen LogP contribution in [0, 0.1) is 5.92 Å². The average molecular weight is 337 g/mol. The highest BCUT2D eigenvalue weighted by atomic mass is 16.1. The van der Waals surface area contributed by atoms with E-state index >= 15 is 0 Å². The van der Waals surface area contributed by atoms with Crippen LogP contribution in [0.3, 0.4) is 0 Å². The summed E-state index contributed by atoms with van der Waals surface area (Å²) in [5.74, 6) is 0.766. The van der Waals surface area contributed by atoms with Gasteiger partial charge in [-0.05, 0) is 5.92 Å². The number of anilines is 1. The van der Waals surface area contributed by atoms with Gasteiger partial charge < -0.3 is 9.88 Å². The van der Waals surface area contributed by atoms with E-state index in [0.29, 0.717) is 24.8 Å². The molecular formula is C19H23N5O. The van der Waals surface area contributed by atoms with Crippen molar-refractivity contribution in [3.8, 4) is 11.3 Å². The third kappa shape index (κ3) is 3.96. The second kappa shape index (κ2) is 7.34. The molecule has 0 fully saturated rings. The Balaban J connectivity index is 1.83. The van der Waals surface area contributed by atoms with E-state index in [1.54, 1.807) is 21.6 Å². The molecule has 0 amide bonds. The van der Waals surface area contributed by atoms with Crippen LogP contribution in [0.25, 0.3) is 11.3 Å². The normalized spacial score (nSPS) is 11.0. The summed E-state index contributed by atoms with van der Waals surface area (Å²) < 4.78 is 3.48. The molecule has 3 rings (SSSR count). The Hall–Kier alpha value is -2.89. The lowest BCUT2D eigenvalue weighted by molar-refractivity contribution is 0.509. The number of hydrogen-bond donors (Lipinski definition) is 1. The van der Waals surface area contributed by atoms with E-state index in [1.807, 2.05) is 43.6 Å². The Bertz CT molecular complexity index is 896. The van der Waals surface area contributed by atoms with Gasteiger partial charge in [0.15, 0.2) is 5.82 Å². The van der Waals surface area contributed by atoms with Crippen LogP contribution in [-0.2, 0) is 20.1 Å². The van der Waals surface area contributed by atoms with Crippen LogP contribution < -0.4 is 10.9 Å². The van der Waals surface area contributed by atoms with E-state index in [1.165, 1.54) is 0 Å². The number of hydrogen-bond acceptors (Lipinski definition) is 4. The number of nitrogens with zero attached hydrogens (tertiary/aromatic N) is 4. The molecule has 0 saturated carbocycles. The average Bonchev–Trinajstić information content (AvgIpc) is 2.97. The van der Waals surface area contributed by atoms with Crippen molar-refractivity contribution in [2.24, 2.45) is 13.0 Å². The van der Waals surface area contributed by atoms with Gasteiger partial charge in [0.25, 0.3) is 5.56 Å². The lowest BCUT2D eigenvalue weighted by Crippen LogP contribution is -2.25. The molecule has 130 valence electrons. The molecule has 0 spiro atoms. The molecule has 0 unspecified atom stereocenters. The molecule has 3 aromatic rings. The molecular weight excluding hydrogens is 314 g/mol. The zero-order chi connectivity index (χ0) is 17.8. The molecule has 1 N–H and O–H groups in total. The molecule has 25 heavy (non-hydrogen) atoms. The van der Waals surface area contributed by atoms with E-state index in [-0.39, 0.29) is 5.56 Å². The fraction of sp³-hybridized carbons (Fsp3) is 0.316. The van der Waals surface area contributed by atoms with Crippen molar-refractivity contribution >= 4 is 5.82 Å². The fourth-order valence-corrected chi connectivity index (χ4v) is 2.79. The van der Waals surface area contributed by atoms with Crippen LogP contribution in [0.5, 0.6) is 0 Å². The smallest absolute Gasteiger partial charge is 0.293 e. The first-order valence-electron chi connectivity index (χ1n) is 8.42. The van der Waals surface area contributed by atoms with E-state index in [9.17, 15) is 4.79 Å². The third-order valence-corrected chi connectivity index (χ3v) is 3.87. The van der Waals surface area contributed by atoms with E-state index in [4.69, 9.17) is 0 Å². The van der Waals surface area contributed by atoms with Crippen molar-refractivity contribution in [2.75, 3.05) is 5.32 Å². The quantitative estimate of drug-likeness (QED) is 0.751. The van der Waals surface area contributed by atoms with Crippen LogP contribution in [-0.4, -0.2) is 19.3 Å². The predicted octanol–water partition coefficient (Wildman–Crippen LogP) is 2.91. The fourth-order valence-electron chi connectivity index (χ4n) is 2.79. The standard InChI is InChI=1S/C19H23N5O/c1-14(2)12-24-10-9-20-18(19(24)25)21-11-16-13-23(3)22-17(16)15-7-5-4-6-8-15/h4-10,13-14H,11-12H2,1-3H3,(H,20,21). The van der Waals surface area contributed by atoms with Gasteiger partial charge in [-0.1, -0.05) is 44.2 Å². The highest BCUT2D eigenvalue weighted by Crippen LogP contribution is 2.21. The maximum absolute atomic E-state index is 12.5. The van der Waals surface area contributed by atoms with Gasteiger partial charge in [-0.2, -0.15) is 5.10 Å². The van der Waals surface area contributed by atoms with Gasteiger partial charge in [-0.25, -0.2) is 4.98 Å². The SMILES string of the molecule is CC(C)Cn1ccnc(NCc2cn(C)nc2-c2ccccc2)c1=O. The first-order chi connectivity index (χ1) is 12.0. The van der Waals surface area contributed by atoms with Gasteiger partial charge in [-0.3, -0.25) is 9.48 Å². The number of benzene rings is 1. The van der Waals surface area contributed by atoms with E-state index in [2.05, 4.69) is 29.2 Å². The molecule has 2 heterocycles. The van der Waals surface area contributed by atoms with Crippen molar-refractivity contribution in [3.63, 3.8) is 0 Å². The topological polar surface area (TPSA) is 64.7 Å². The minimum atomic E-state index is -0.0960. The third-order valence-electron chi connectivity index (χ3n) is 3.87. The summed E-state index contributed by atoms with van der Waals surface area (Å²) in [5.41, 5.74) is 2.89. The molecule has 0 bridgehead atoms. The Labute approximate surface area is 147 Å². The molecule has 0 atom stereocenters. The summed E-state index contributed by atoms with van der Waals surface area (Å²) in [4.78, 5) is 16.7. The lowest BCUT2D eigenvalue weighted by atomic mass is 10.1. The number of aromatic nitrogens is 4. The van der Waals surface area contributed by atoms with Gasteiger partial charge in [0.05, 0.1) is 5.69 Å². The number of aryl methyl sites for hydroxylation is 1. The van der Waals surface area contributed by atoms with Crippen LogP contribution >= 0.6 is 0 Å². The Morgan fingerprint density at radius 3 is 2.68 bits per heavy atom. The van der Waals surface area contributed by atoms with Gasteiger partial charge in [-0.15, -0.1) is 0 Å². The summed E-state index contributed by atoms with van der Waals surface area (Å²) in [6.07, 6.45) is 5.35.